The molecule has 2 nitrogen and oxygen atoms in total. The molecule has 23 heavy (non-hydrogen) atoms. The van der Waals surface area contributed by atoms with E-state index in [9.17, 15) is 0 Å². The third kappa shape index (κ3) is 6.64. The Labute approximate surface area is 144 Å². The van der Waals surface area contributed by atoms with Gasteiger partial charge >= 0.3 is 0 Å². The zero-order valence-electron chi connectivity index (χ0n) is 16.3. The minimum absolute atomic E-state index is 0.674. The van der Waals surface area contributed by atoms with Gasteiger partial charge in [0.15, 0.2) is 0 Å². The maximum atomic E-state index is 2.53. The van der Waals surface area contributed by atoms with Crippen molar-refractivity contribution in [2.45, 2.75) is 79.4 Å². The van der Waals surface area contributed by atoms with Crippen LogP contribution >= 0.6 is 0 Å². The summed E-state index contributed by atoms with van der Waals surface area (Å²) in [5.74, 6) is 0. The van der Waals surface area contributed by atoms with Gasteiger partial charge in [-0.2, -0.15) is 0 Å². The molecule has 0 aromatic heterocycles. The molecule has 3 rings (SSSR count). The number of hydrogen-bond donors (Lipinski definition) is 0. The highest BCUT2D eigenvalue weighted by molar-refractivity contribution is 5.29. The predicted molar refractivity (Wildman–Crippen MR) is 103 cm³/mol. The Morgan fingerprint density at radius 3 is 1.74 bits per heavy atom. The largest absolute Gasteiger partial charge is 0.301 e. The van der Waals surface area contributed by atoms with Crippen LogP contribution in [0.5, 0.6) is 0 Å². The van der Waals surface area contributed by atoms with Gasteiger partial charge in [-0.05, 0) is 71.2 Å². The second kappa shape index (κ2) is 10.8. The van der Waals surface area contributed by atoms with Crippen LogP contribution in [-0.4, -0.2) is 41.5 Å². The maximum Gasteiger partial charge on any atom is 0.0239 e. The summed E-state index contributed by atoms with van der Waals surface area (Å²) in [4.78, 5) is 5.06. The first-order valence-electron chi connectivity index (χ1n) is 9.63. The van der Waals surface area contributed by atoms with Gasteiger partial charge in [-0.3, -0.25) is 4.90 Å². The van der Waals surface area contributed by atoms with Crippen molar-refractivity contribution in [2.24, 2.45) is 0 Å². The topological polar surface area (TPSA) is 6.48 Å². The van der Waals surface area contributed by atoms with Crippen molar-refractivity contribution in [3.05, 3.63) is 35.4 Å². The third-order valence-corrected chi connectivity index (χ3v) is 4.76. The van der Waals surface area contributed by atoms with E-state index in [4.69, 9.17) is 0 Å². The molecule has 2 heteroatoms. The molecule has 1 aromatic rings. The quantitative estimate of drug-likeness (QED) is 0.759. The Bertz CT molecular complexity index is 420. The second-order valence-electron chi connectivity index (χ2n) is 6.92. The molecule has 0 N–H and O–H groups in total. The number of rotatable bonds is 2. The summed E-state index contributed by atoms with van der Waals surface area (Å²) in [5, 5.41) is 0. The van der Waals surface area contributed by atoms with Crippen molar-refractivity contribution < 1.29 is 0 Å². The number of likely N-dealkylation sites (tertiary alicyclic amines) is 1. The molecule has 2 aliphatic rings. The smallest absolute Gasteiger partial charge is 0.0239 e. The zero-order valence-corrected chi connectivity index (χ0v) is 16.3. The lowest BCUT2D eigenvalue weighted by Gasteiger charge is -2.31. The fourth-order valence-electron chi connectivity index (χ4n) is 3.22. The highest BCUT2D eigenvalue weighted by atomic mass is 15.2. The number of fused-ring (bicyclic) bond motifs is 1. The minimum atomic E-state index is 0.674. The first-order chi connectivity index (χ1) is 11.1. The number of benzene rings is 1. The average Bonchev–Trinajstić information content (AvgIpc) is 3.12. The van der Waals surface area contributed by atoms with Crippen LogP contribution < -0.4 is 0 Å². The molecule has 1 fully saturated rings. The van der Waals surface area contributed by atoms with Crippen LogP contribution in [-0.2, 0) is 13.0 Å². The van der Waals surface area contributed by atoms with Crippen molar-refractivity contribution in [3.8, 4) is 0 Å². The minimum Gasteiger partial charge on any atom is -0.301 e. The summed E-state index contributed by atoms with van der Waals surface area (Å²) in [6, 6.07) is 10.2. The van der Waals surface area contributed by atoms with Crippen molar-refractivity contribution in [2.75, 3.05) is 19.6 Å². The first kappa shape index (κ1) is 20.2. The molecular formula is C21H38N2. The zero-order chi connectivity index (χ0) is 17.2. The third-order valence-electron chi connectivity index (χ3n) is 4.76. The van der Waals surface area contributed by atoms with E-state index in [1.807, 2.05) is 13.8 Å². The van der Waals surface area contributed by atoms with Crippen molar-refractivity contribution in [1.29, 1.82) is 0 Å². The molecule has 0 atom stereocenters. The predicted octanol–water partition coefficient (Wildman–Crippen LogP) is 4.97. The van der Waals surface area contributed by atoms with E-state index in [-0.39, 0.29) is 0 Å². The fourth-order valence-corrected chi connectivity index (χ4v) is 3.22. The summed E-state index contributed by atoms with van der Waals surface area (Å²) in [6.45, 7) is 18.1. The van der Waals surface area contributed by atoms with E-state index in [1.54, 1.807) is 5.56 Å². The summed E-state index contributed by atoms with van der Waals surface area (Å²) in [5.41, 5.74) is 3.06. The molecule has 2 heterocycles. The summed E-state index contributed by atoms with van der Waals surface area (Å²) < 4.78 is 0. The van der Waals surface area contributed by atoms with E-state index in [0.29, 0.717) is 6.04 Å². The van der Waals surface area contributed by atoms with E-state index in [1.165, 1.54) is 44.5 Å². The molecule has 0 spiro atoms. The molecule has 132 valence electrons. The molecule has 0 unspecified atom stereocenters. The molecule has 0 aliphatic carbocycles. The molecule has 0 bridgehead atoms. The molecule has 1 aromatic carbocycles. The van der Waals surface area contributed by atoms with Crippen LogP contribution in [0.2, 0.25) is 0 Å². The monoisotopic (exact) mass is 318 g/mol. The van der Waals surface area contributed by atoms with Gasteiger partial charge in [-0.1, -0.05) is 38.1 Å². The van der Waals surface area contributed by atoms with Crippen molar-refractivity contribution in [3.63, 3.8) is 0 Å². The van der Waals surface area contributed by atoms with Gasteiger partial charge in [0.1, 0.15) is 0 Å². The Balaban J connectivity index is 0.000000228. The SMILES string of the molecule is CC.CC(C)N1CCCC1.CC(C)N1CCc2ccccc2C1. The highest BCUT2D eigenvalue weighted by Crippen LogP contribution is 2.19. The van der Waals surface area contributed by atoms with E-state index >= 15 is 0 Å². The Morgan fingerprint density at radius 1 is 0.739 bits per heavy atom. The summed E-state index contributed by atoms with van der Waals surface area (Å²) in [6.07, 6.45) is 4.05. The standard InChI is InChI=1S/C12H17N.C7H15N.C2H6/c1-10(2)13-8-7-11-5-3-4-6-12(11)9-13;1-7(2)8-5-3-4-6-8;1-2/h3-6,10H,7-9H2,1-2H3;7H,3-6H2,1-2H3;1-2H3. The lowest BCUT2D eigenvalue weighted by molar-refractivity contribution is 0.203. The maximum absolute atomic E-state index is 2.53. The summed E-state index contributed by atoms with van der Waals surface area (Å²) in [7, 11) is 0. The highest BCUT2D eigenvalue weighted by Gasteiger charge is 2.17. The van der Waals surface area contributed by atoms with Gasteiger partial charge in [-0.15, -0.1) is 0 Å². The van der Waals surface area contributed by atoms with Gasteiger partial charge in [0, 0.05) is 25.2 Å². The number of hydrogen-bond acceptors (Lipinski definition) is 2. The molecule has 0 saturated carbocycles. The Hall–Kier alpha value is -0.860. The molecular weight excluding hydrogens is 280 g/mol. The Kier molecular flexibility index (Phi) is 9.50. The second-order valence-corrected chi connectivity index (χ2v) is 6.92. The van der Waals surface area contributed by atoms with Crippen LogP contribution in [0, 0.1) is 0 Å². The average molecular weight is 319 g/mol. The van der Waals surface area contributed by atoms with Crippen LogP contribution in [0.1, 0.15) is 65.5 Å². The molecule has 0 amide bonds. The lowest BCUT2D eigenvalue weighted by Crippen LogP contribution is -2.35. The van der Waals surface area contributed by atoms with E-state index < -0.39 is 0 Å². The van der Waals surface area contributed by atoms with Crippen LogP contribution in [0.4, 0.5) is 0 Å². The fraction of sp³-hybridized carbons (Fsp3) is 0.714. The van der Waals surface area contributed by atoms with Gasteiger partial charge in [0.2, 0.25) is 0 Å². The Morgan fingerprint density at radius 2 is 1.26 bits per heavy atom. The van der Waals surface area contributed by atoms with Crippen molar-refractivity contribution >= 4 is 0 Å². The lowest BCUT2D eigenvalue weighted by atomic mass is 9.99. The van der Waals surface area contributed by atoms with E-state index in [0.717, 1.165) is 12.6 Å². The van der Waals surface area contributed by atoms with Crippen LogP contribution in [0.15, 0.2) is 24.3 Å². The number of nitrogens with zero attached hydrogens (tertiary/aromatic N) is 2. The van der Waals surface area contributed by atoms with Crippen LogP contribution in [0.3, 0.4) is 0 Å². The van der Waals surface area contributed by atoms with Gasteiger partial charge < -0.3 is 4.90 Å². The summed E-state index contributed by atoms with van der Waals surface area (Å²) >= 11 is 0. The molecule has 0 radical (unpaired) electrons. The van der Waals surface area contributed by atoms with Gasteiger partial charge in [0.05, 0.1) is 0 Å². The van der Waals surface area contributed by atoms with Crippen molar-refractivity contribution in [1.82, 2.24) is 9.80 Å². The van der Waals surface area contributed by atoms with Gasteiger partial charge in [-0.25, -0.2) is 0 Å². The molecule has 1 saturated heterocycles. The molecule has 2 aliphatic heterocycles. The van der Waals surface area contributed by atoms with Crippen LogP contribution in [0.25, 0.3) is 0 Å². The first-order valence-corrected chi connectivity index (χ1v) is 9.63. The van der Waals surface area contributed by atoms with E-state index in [2.05, 4.69) is 61.8 Å². The normalized spacial score (nSPS) is 18.1. The van der Waals surface area contributed by atoms with Gasteiger partial charge in [0.25, 0.3) is 0 Å².